The standard InChI is InChI=1S/C15H21N3/c16-13-15(18-11-4-9-17-10-12-18)8-7-14-5-2-1-3-6-14/h1-3,5-6,15,17H,4,7-12H2. The molecule has 1 aromatic rings. The van der Waals surface area contributed by atoms with Gasteiger partial charge >= 0.3 is 0 Å². The van der Waals surface area contributed by atoms with E-state index in [-0.39, 0.29) is 6.04 Å². The predicted octanol–water partition coefficient (Wildman–Crippen LogP) is 1.81. The van der Waals surface area contributed by atoms with Crippen LogP contribution < -0.4 is 5.32 Å². The Balaban J connectivity index is 1.87. The molecule has 1 N–H and O–H groups in total. The van der Waals surface area contributed by atoms with Gasteiger partial charge in [0, 0.05) is 19.6 Å². The molecule has 2 rings (SSSR count). The fourth-order valence-corrected chi connectivity index (χ4v) is 2.46. The molecule has 96 valence electrons. The average Bonchev–Trinajstić information content (AvgIpc) is 2.70. The van der Waals surface area contributed by atoms with E-state index >= 15 is 0 Å². The average molecular weight is 243 g/mol. The van der Waals surface area contributed by atoms with Gasteiger partial charge in [-0.3, -0.25) is 4.90 Å². The van der Waals surface area contributed by atoms with E-state index < -0.39 is 0 Å². The van der Waals surface area contributed by atoms with E-state index in [1.54, 1.807) is 0 Å². The largest absolute Gasteiger partial charge is 0.315 e. The van der Waals surface area contributed by atoms with Crippen LogP contribution in [0.25, 0.3) is 0 Å². The summed E-state index contributed by atoms with van der Waals surface area (Å²) in [5.74, 6) is 0. The summed E-state index contributed by atoms with van der Waals surface area (Å²) in [5.41, 5.74) is 1.32. The van der Waals surface area contributed by atoms with E-state index in [9.17, 15) is 5.26 Å². The fourth-order valence-electron chi connectivity index (χ4n) is 2.46. The Hall–Kier alpha value is -1.37. The van der Waals surface area contributed by atoms with Gasteiger partial charge in [0.2, 0.25) is 0 Å². The third-order valence-electron chi connectivity index (χ3n) is 3.51. The number of rotatable bonds is 4. The monoisotopic (exact) mass is 243 g/mol. The van der Waals surface area contributed by atoms with Crippen molar-refractivity contribution in [2.75, 3.05) is 26.2 Å². The van der Waals surface area contributed by atoms with Crippen LogP contribution in [0.5, 0.6) is 0 Å². The maximum Gasteiger partial charge on any atom is 0.0981 e. The molecule has 3 heteroatoms. The van der Waals surface area contributed by atoms with Crippen LogP contribution >= 0.6 is 0 Å². The lowest BCUT2D eigenvalue weighted by molar-refractivity contribution is 0.240. The van der Waals surface area contributed by atoms with Gasteiger partial charge in [-0.15, -0.1) is 0 Å². The zero-order valence-electron chi connectivity index (χ0n) is 10.8. The van der Waals surface area contributed by atoms with Gasteiger partial charge in [0.25, 0.3) is 0 Å². The van der Waals surface area contributed by atoms with Crippen LogP contribution in [-0.2, 0) is 6.42 Å². The molecule has 1 saturated heterocycles. The van der Waals surface area contributed by atoms with Crippen molar-refractivity contribution in [1.82, 2.24) is 10.2 Å². The highest BCUT2D eigenvalue weighted by Gasteiger charge is 2.18. The topological polar surface area (TPSA) is 39.1 Å². The van der Waals surface area contributed by atoms with Gasteiger partial charge in [0.1, 0.15) is 0 Å². The smallest absolute Gasteiger partial charge is 0.0981 e. The van der Waals surface area contributed by atoms with E-state index in [4.69, 9.17) is 0 Å². The molecule has 3 nitrogen and oxygen atoms in total. The second kappa shape index (κ2) is 7.15. The third kappa shape index (κ3) is 3.83. The minimum atomic E-state index is 0.0603. The highest BCUT2D eigenvalue weighted by molar-refractivity contribution is 5.15. The molecule has 1 heterocycles. The van der Waals surface area contributed by atoms with Crippen molar-refractivity contribution in [1.29, 1.82) is 5.26 Å². The first-order chi connectivity index (χ1) is 8.90. The quantitative estimate of drug-likeness (QED) is 0.876. The van der Waals surface area contributed by atoms with E-state index in [1.807, 2.05) is 6.07 Å². The van der Waals surface area contributed by atoms with E-state index in [1.165, 1.54) is 5.56 Å². The first-order valence-corrected chi connectivity index (χ1v) is 6.78. The van der Waals surface area contributed by atoms with Gasteiger partial charge in [-0.2, -0.15) is 5.26 Å². The molecule has 1 atom stereocenters. The zero-order chi connectivity index (χ0) is 12.6. The predicted molar refractivity (Wildman–Crippen MR) is 73.2 cm³/mol. The Labute approximate surface area is 109 Å². The molecule has 0 radical (unpaired) electrons. The maximum absolute atomic E-state index is 9.34. The lowest BCUT2D eigenvalue weighted by atomic mass is 10.0. The summed E-state index contributed by atoms with van der Waals surface area (Å²) in [6.07, 6.45) is 3.06. The van der Waals surface area contributed by atoms with Crippen molar-refractivity contribution >= 4 is 0 Å². The summed E-state index contributed by atoms with van der Waals surface area (Å²) in [6.45, 7) is 4.11. The first-order valence-electron chi connectivity index (χ1n) is 6.78. The number of hydrogen-bond donors (Lipinski definition) is 1. The summed E-state index contributed by atoms with van der Waals surface area (Å²) < 4.78 is 0. The Morgan fingerprint density at radius 2 is 2.06 bits per heavy atom. The van der Waals surface area contributed by atoms with Crippen molar-refractivity contribution in [2.45, 2.75) is 25.3 Å². The number of nitriles is 1. The molecule has 0 aromatic heterocycles. The molecule has 18 heavy (non-hydrogen) atoms. The van der Waals surface area contributed by atoms with Crippen LogP contribution in [0.3, 0.4) is 0 Å². The van der Waals surface area contributed by atoms with E-state index in [0.29, 0.717) is 0 Å². The molecule has 0 amide bonds. The van der Waals surface area contributed by atoms with Crippen molar-refractivity contribution in [3.63, 3.8) is 0 Å². The Bertz CT molecular complexity index is 374. The van der Waals surface area contributed by atoms with Crippen molar-refractivity contribution in [3.05, 3.63) is 35.9 Å². The van der Waals surface area contributed by atoms with Crippen molar-refractivity contribution in [3.8, 4) is 6.07 Å². The second-order valence-electron chi connectivity index (χ2n) is 4.81. The van der Waals surface area contributed by atoms with Crippen LogP contribution in [0.4, 0.5) is 0 Å². The zero-order valence-corrected chi connectivity index (χ0v) is 10.8. The molecule has 1 aliphatic rings. The van der Waals surface area contributed by atoms with Crippen LogP contribution in [-0.4, -0.2) is 37.1 Å². The summed E-state index contributed by atoms with van der Waals surface area (Å²) in [5, 5.41) is 12.7. The summed E-state index contributed by atoms with van der Waals surface area (Å²) in [7, 11) is 0. The lowest BCUT2D eigenvalue weighted by Gasteiger charge is -2.24. The van der Waals surface area contributed by atoms with E-state index in [0.717, 1.165) is 45.4 Å². The number of nitrogens with zero attached hydrogens (tertiary/aromatic N) is 2. The lowest BCUT2D eigenvalue weighted by Crippen LogP contribution is -2.37. The third-order valence-corrected chi connectivity index (χ3v) is 3.51. The number of nitrogens with one attached hydrogen (secondary N) is 1. The Morgan fingerprint density at radius 1 is 1.22 bits per heavy atom. The van der Waals surface area contributed by atoms with E-state index in [2.05, 4.69) is 40.6 Å². The molecule has 0 saturated carbocycles. The van der Waals surface area contributed by atoms with Gasteiger partial charge in [-0.25, -0.2) is 0 Å². The van der Waals surface area contributed by atoms with Gasteiger partial charge in [-0.1, -0.05) is 30.3 Å². The minimum Gasteiger partial charge on any atom is -0.315 e. The van der Waals surface area contributed by atoms with Crippen LogP contribution in [0.2, 0.25) is 0 Å². The molecular formula is C15H21N3. The van der Waals surface area contributed by atoms with Crippen molar-refractivity contribution in [2.24, 2.45) is 0 Å². The highest BCUT2D eigenvalue weighted by atomic mass is 15.2. The van der Waals surface area contributed by atoms with Crippen LogP contribution in [0.1, 0.15) is 18.4 Å². The number of hydrogen-bond acceptors (Lipinski definition) is 3. The fraction of sp³-hybridized carbons (Fsp3) is 0.533. The van der Waals surface area contributed by atoms with Crippen molar-refractivity contribution < 1.29 is 0 Å². The summed E-state index contributed by atoms with van der Waals surface area (Å²) in [4.78, 5) is 2.32. The molecule has 0 spiro atoms. The maximum atomic E-state index is 9.34. The normalized spacial score (nSPS) is 18.8. The van der Waals surface area contributed by atoms with Gasteiger partial charge in [-0.05, 0) is 31.4 Å². The molecular weight excluding hydrogens is 222 g/mol. The minimum absolute atomic E-state index is 0.0603. The highest BCUT2D eigenvalue weighted by Crippen LogP contribution is 2.11. The summed E-state index contributed by atoms with van der Waals surface area (Å²) in [6, 6.07) is 13.0. The SMILES string of the molecule is N#CC(CCc1ccccc1)N1CCCNCC1. The van der Waals surface area contributed by atoms with Gasteiger partial charge < -0.3 is 5.32 Å². The molecule has 1 aromatic carbocycles. The number of benzene rings is 1. The first kappa shape index (κ1) is 13.1. The second-order valence-corrected chi connectivity index (χ2v) is 4.81. The molecule has 1 aliphatic heterocycles. The van der Waals surface area contributed by atoms with Crippen LogP contribution in [0.15, 0.2) is 30.3 Å². The number of aryl methyl sites for hydroxylation is 1. The molecule has 0 bridgehead atoms. The molecule has 1 fully saturated rings. The molecule has 1 unspecified atom stereocenters. The summed E-state index contributed by atoms with van der Waals surface area (Å²) >= 11 is 0. The Morgan fingerprint density at radius 3 is 2.83 bits per heavy atom. The van der Waals surface area contributed by atoms with Gasteiger partial charge in [0.15, 0.2) is 0 Å². The van der Waals surface area contributed by atoms with Gasteiger partial charge in [0.05, 0.1) is 12.1 Å². The van der Waals surface area contributed by atoms with Crippen LogP contribution in [0, 0.1) is 11.3 Å². The molecule has 0 aliphatic carbocycles. The Kier molecular flexibility index (Phi) is 5.19.